The van der Waals surface area contributed by atoms with Crippen LogP contribution >= 0.6 is 0 Å². The van der Waals surface area contributed by atoms with E-state index < -0.39 is 16.7 Å². The number of benzene rings is 2. The van der Waals surface area contributed by atoms with E-state index >= 15 is 0 Å². The lowest BCUT2D eigenvalue weighted by Crippen LogP contribution is -2.39. The number of amides is 2. The number of rotatable bonds is 5. The molecule has 0 heterocycles. The molecule has 0 unspecified atom stereocenters. The lowest BCUT2D eigenvalue weighted by molar-refractivity contribution is -0.384. The van der Waals surface area contributed by atoms with Gasteiger partial charge >= 0.3 is 11.8 Å². The molecule has 25 heavy (non-hydrogen) atoms. The average Bonchev–Trinajstić information content (AvgIpc) is 2.62. The highest BCUT2D eigenvalue weighted by atomic mass is 16.6. The van der Waals surface area contributed by atoms with Gasteiger partial charge in [-0.3, -0.25) is 19.7 Å². The van der Waals surface area contributed by atoms with Crippen molar-refractivity contribution in [2.24, 2.45) is 5.10 Å². The minimum Gasteiger partial charge on any atom is -0.341 e. The van der Waals surface area contributed by atoms with E-state index in [2.05, 4.69) is 15.8 Å². The van der Waals surface area contributed by atoms with Crippen molar-refractivity contribution in [3.63, 3.8) is 0 Å². The molecule has 2 aromatic rings. The quantitative estimate of drug-likeness (QED) is 0.374. The molecule has 0 spiro atoms. The highest BCUT2D eigenvalue weighted by molar-refractivity contribution is 6.35. The Kier molecular flexibility index (Phi) is 5.94. The summed E-state index contributed by atoms with van der Waals surface area (Å²) in [5.74, 6) is -1.75. The van der Waals surface area contributed by atoms with Gasteiger partial charge in [0.2, 0.25) is 0 Å². The molecule has 8 heteroatoms. The maximum absolute atomic E-state index is 11.8. The summed E-state index contributed by atoms with van der Waals surface area (Å²) in [6, 6.07) is 14.6. The first-order valence-electron chi connectivity index (χ1n) is 7.40. The van der Waals surface area contributed by atoms with Crippen molar-refractivity contribution in [1.82, 2.24) is 10.7 Å². The van der Waals surface area contributed by atoms with E-state index in [4.69, 9.17) is 0 Å². The SMILES string of the molecule is C[C@@H](NC(=O)C(=O)NN=Cc1cccc([N+](=O)[O-])c1)c1ccccc1. The Hall–Kier alpha value is -3.55. The molecule has 0 aromatic heterocycles. The van der Waals surface area contributed by atoms with Gasteiger partial charge in [0.25, 0.3) is 5.69 Å². The number of carbonyl (C=O) groups excluding carboxylic acids is 2. The molecule has 0 saturated carbocycles. The number of carbonyl (C=O) groups is 2. The fraction of sp³-hybridized carbons (Fsp3) is 0.118. The molecule has 0 aliphatic heterocycles. The Labute approximate surface area is 143 Å². The third-order valence-electron chi connectivity index (χ3n) is 3.31. The summed E-state index contributed by atoms with van der Waals surface area (Å²) in [6.45, 7) is 1.76. The summed E-state index contributed by atoms with van der Waals surface area (Å²) >= 11 is 0. The first-order valence-corrected chi connectivity index (χ1v) is 7.40. The van der Waals surface area contributed by atoms with Crippen molar-refractivity contribution in [2.45, 2.75) is 13.0 Å². The number of hydrogen-bond donors (Lipinski definition) is 2. The second-order valence-corrected chi connectivity index (χ2v) is 5.16. The predicted octanol–water partition coefficient (Wildman–Crippen LogP) is 1.92. The van der Waals surface area contributed by atoms with Crippen molar-refractivity contribution in [1.29, 1.82) is 0 Å². The van der Waals surface area contributed by atoms with Crippen LogP contribution in [0.25, 0.3) is 0 Å². The molecule has 2 N–H and O–H groups in total. The minimum absolute atomic E-state index is 0.0929. The van der Waals surface area contributed by atoms with E-state index in [9.17, 15) is 19.7 Å². The van der Waals surface area contributed by atoms with Crippen LogP contribution in [0.1, 0.15) is 24.1 Å². The van der Waals surface area contributed by atoms with Gasteiger partial charge < -0.3 is 5.32 Å². The van der Waals surface area contributed by atoms with Crippen molar-refractivity contribution < 1.29 is 14.5 Å². The molecule has 0 aliphatic rings. The van der Waals surface area contributed by atoms with Gasteiger partial charge in [-0.1, -0.05) is 42.5 Å². The average molecular weight is 340 g/mol. The summed E-state index contributed by atoms with van der Waals surface area (Å²) in [5, 5.41) is 16.9. The standard InChI is InChI=1S/C17H16N4O4/c1-12(14-7-3-2-4-8-14)19-16(22)17(23)20-18-11-13-6-5-9-15(10-13)21(24)25/h2-12H,1H3,(H,19,22)(H,20,23)/t12-/m1/s1. The Morgan fingerprint density at radius 2 is 1.84 bits per heavy atom. The van der Waals surface area contributed by atoms with Gasteiger partial charge in [-0.25, -0.2) is 5.43 Å². The van der Waals surface area contributed by atoms with Crippen molar-refractivity contribution in [2.75, 3.05) is 0 Å². The van der Waals surface area contributed by atoms with E-state index in [-0.39, 0.29) is 11.7 Å². The number of hydrogen-bond acceptors (Lipinski definition) is 5. The van der Waals surface area contributed by atoms with Crippen LogP contribution in [0.2, 0.25) is 0 Å². The van der Waals surface area contributed by atoms with Crippen LogP contribution in [-0.4, -0.2) is 23.0 Å². The Balaban J connectivity index is 1.90. The van der Waals surface area contributed by atoms with Crippen LogP contribution in [0, 0.1) is 10.1 Å². The van der Waals surface area contributed by atoms with Gasteiger partial charge in [0, 0.05) is 17.7 Å². The van der Waals surface area contributed by atoms with Gasteiger partial charge in [-0.05, 0) is 12.5 Å². The largest absolute Gasteiger partial charge is 0.341 e. The first kappa shape index (κ1) is 17.8. The van der Waals surface area contributed by atoms with E-state index in [0.29, 0.717) is 5.56 Å². The van der Waals surface area contributed by atoms with E-state index in [1.165, 1.54) is 24.4 Å². The number of nitrogens with one attached hydrogen (secondary N) is 2. The first-order chi connectivity index (χ1) is 12.0. The highest BCUT2D eigenvalue weighted by Crippen LogP contribution is 2.12. The molecule has 0 fully saturated rings. The molecule has 0 saturated heterocycles. The van der Waals surface area contributed by atoms with Gasteiger partial charge in [-0.15, -0.1) is 0 Å². The van der Waals surface area contributed by atoms with Crippen LogP contribution in [0.4, 0.5) is 5.69 Å². The second kappa shape index (κ2) is 8.34. The lowest BCUT2D eigenvalue weighted by atomic mass is 10.1. The van der Waals surface area contributed by atoms with Gasteiger partial charge in [0.15, 0.2) is 0 Å². The molecule has 2 rings (SSSR count). The zero-order valence-electron chi connectivity index (χ0n) is 13.4. The summed E-state index contributed by atoms with van der Waals surface area (Å²) in [4.78, 5) is 33.7. The van der Waals surface area contributed by atoms with Crippen molar-refractivity contribution >= 4 is 23.7 Å². The number of nitrogens with zero attached hydrogens (tertiary/aromatic N) is 2. The van der Waals surface area contributed by atoms with Gasteiger partial charge in [0.1, 0.15) is 0 Å². The molecule has 0 bridgehead atoms. The molecule has 2 aromatic carbocycles. The Morgan fingerprint density at radius 1 is 1.12 bits per heavy atom. The maximum atomic E-state index is 11.8. The van der Waals surface area contributed by atoms with Gasteiger partial charge in [0.05, 0.1) is 17.2 Å². The van der Waals surface area contributed by atoms with Crippen LogP contribution < -0.4 is 10.7 Å². The zero-order chi connectivity index (χ0) is 18.2. The number of hydrazone groups is 1. The highest BCUT2D eigenvalue weighted by Gasteiger charge is 2.16. The van der Waals surface area contributed by atoms with Gasteiger partial charge in [-0.2, -0.15) is 5.10 Å². The molecule has 0 aliphatic carbocycles. The molecule has 8 nitrogen and oxygen atoms in total. The molecule has 0 radical (unpaired) electrons. The smallest absolute Gasteiger partial charge is 0.329 e. The normalized spacial score (nSPS) is 11.7. The number of nitro groups is 1. The molecule has 1 atom stereocenters. The van der Waals surface area contributed by atoms with E-state index in [0.717, 1.165) is 5.56 Å². The predicted molar refractivity (Wildman–Crippen MR) is 91.8 cm³/mol. The molecular formula is C17H16N4O4. The lowest BCUT2D eigenvalue weighted by Gasteiger charge is -2.13. The monoisotopic (exact) mass is 340 g/mol. The van der Waals surface area contributed by atoms with Crippen LogP contribution in [0.15, 0.2) is 59.7 Å². The fourth-order valence-corrected chi connectivity index (χ4v) is 2.02. The molecule has 128 valence electrons. The topological polar surface area (TPSA) is 114 Å². The summed E-state index contributed by atoms with van der Waals surface area (Å²) < 4.78 is 0. The van der Waals surface area contributed by atoms with Crippen molar-refractivity contribution in [3.05, 3.63) is 75.8 Å². The third kappa shape index (κ3) is 5.24. The molecular weight excluding hydrogens is 324 g/mol. The summed E-state index contributed by atoms with van der Waals surface area (Å²) in [7, 11) is 0. The Morgan fingerprint density at radius 3 is 2.52 bits per heavy atom. The van der Waals surface area contributed by atoms with Crippen LogP contribution in [0.3, 0.4) is 0 Å². The third-order valence-corrected chi connectivity index (χ3v) is 3.31. The zero-order valence-corrected chi connectivity index (χ0v) is 13.4. The minimum atomic E-state index is -0.926. The maximum Gasteiger partial charge on any atom is 0.329 e. The number of non-ortho nitro benzene ring substituents is 1. The fourth-order valence-electron chi connectivity index (χ4n) is 2.02. The molecule has 2 amide bonds. The van der Waals surface area contributed by atoms with E-state index in [1.807, 2.05) is 30.3 Å². The van der Waals surface area contributed by atoms with Crippen LogP contribution in [-0.2, 0) is 9.59 Å². The number of nitro benzene ring substituents is 1. The van der Waals surface area contributed by atoms with E-state index in [1.54, 1.807) is 13.0 Å². The summed E-state index contributed by atoms with van der Waals surface area (Å²) in [5.41, 5.74) is 3.28. The second-order valence-electron chi connectivity index (χ2n) is 5.16. The van der Waals surface area contributed by atoms with Crippen molar-refractivity contribution in [3.8, 4) is 0 Å². The summed E-state index contributed by atoms with van der Waals surface area (Å²) in [6.07, 6.45) is 1.22. The Bertz CT molecular complexity index is 805. The van der Waals surface area contributed by atoms with Crippen LogP contribution in [0.5, 0.6) is 0 Å².